The van der Waals surface area contributed by atoms with Crippen molar-refractivity contribution in [1.82, 2.24) is 15.0 Å². The largest absolute Gasteiger partial charge is 0.389 e. The molecule has 31 heavy (non-hydrogen) atoms. The van der Waals surface area contributed by atoms with E-state index in [2.05, 4.69) is 19.9 Å². The number of aliphatic hydroxyl groups excluding tert-OH is 1. The van der Waals surface area contributed by atoms with Gasteiger partial charge in [0, 0.05) is 40.7 Å². The highest BCUT2D eigenvalue weighted by molar-refractivity contribution is 7.09. The Hall–Kier alpha value is -3.01. The van der Waals surface area contributed by atoms with E-state index in [0.717, 1.165) is 24.8 Å². The number of rotatable bonds is 4. The topological polar surface area (TPSA) is 71.4 Å². The Bertz CT molecular complexity index is 1260. The maximum atomic E-state index is 14.8. The summed E-state index contributed by atoms with van der Waals surface area (Å²) in [6.45, 7) is 2.70. The smallest absolute Gasteiger partial charge is 0.168 e. The molecular weight excluding hydrogens is 422 g/mol. The Kier molecular flexibility index (Phi) is 5.31. The fraction of sp³-hybridized carbons (Fsp3) is 0.227. The van der Waals surface area contributed by atoms with Crippen molar-refractivity contribution >= 4 is 27.9 Å². The van der Waals surface area contributed by atoms with Crippen LogP contribution in [0.5, 0.6) is 0 Å². The minimum absolute atomic E-state index is 0.0417. The first-order chi connectivity index (χ1) is 15.1. The Morgan fingerprint density at radius 2 is 1.94 bits per heavy atom. The monoisotopic (exact) mass is 440 g/mol. The third-order valence-corrected chi connectivity index (χ3v) is 6.10. The van der Waals surface area contributed by atoms with Crippen LogP contribution in [0, 0.1) is 11.6 Å². The predicted octanol–water partition coefficient (Wildman–Crippen LogP) is 4.03. The molecule has 0 radical (unpaired) electrons. The highest BCUT2D eigenvalue weighted by atomic mass is 32.1. The molecule has 0 aliphatic carbocycles. The molecule has 1 N–H and O–H groups in total. The minimum atomic E-state index is -0.984. The van der Waals surface area contributed by atoms with Gasteiger partial charge in [-0.25, -0.2) is 23.7 Å². The number of morpholine rings is 1. The molecule has 6 nitrogen and oxygen atoms in total. The van der Waals surface area contributed by atoms with Gasteiger partial charge in [-0.2, -0.15) is 0 Å². The summed E-state index contributed by atoms with van der Waals surface area (Å²) < 4.78 is 34.7. The number of anilines is 1. The first-order valence-electron chi connectivity index (χ1n) is 9.76. The number of thiazole rings is 1. The average molecular weight is 440 g/mol. The van der Waals surface area contributed by atoms with Gasteiger partial charge in [0.2, 0.25) is 0 Å². The van der Waals surface area contributed by atoms with Gasteiger partial charge in [-0.15, -0.1) is 11.3 Å². The fourth-order valence-electron chi connectivity index (χ4n) is 3.70. The van der Waals surface area contributed by atoms with Crippen LogP contribution >= 0.6 is 11.3 Å². The summed E-state index contributed by atoms with van der Waals surface area (Å²) in [5.41, 5.74) is 2.90. The fourth-order valence-corrected chi connectivity index (χ4v) is 4.37. The van der Waals surface area contributed by atoms with Crippen LogP contribution in [0.2, 0.25) is 0 Å². The molecule has 0 saturated carbocycles. The second-order valence-corrected chi connectivity index (χ2v) is 8.07. The zero-order valence-corrected chi connectivity index (χ0v) is 17.2. The quantitative estimate of drug-likeness (QED) is 0.517. The van der Waals surface area contributed by atoms with Crippen LogP contribution in [-0.2, 0) is 11.3 Å². The van der Waals surface area contributed by atoms with Crippen LogP contribution in [-0.4, -0.2) is 46.4 Å². The van der Waals surface area contributed by atoms with E-state index in [1.54, 1.807) is 5.38 Å². The zero-order chi connectivity index (χ0) is 21.4. The van der Waals surface area contributed by atoms with Crippen LogP contribution in [0.3, 0.4) is 0 Å². The average Bonchev–Trinajstić information content (AvgIpc) is 3.30. The number of halogens is 2. The summed E-state index contributed by atoms with van der Waals surface area (Å²) in [5.74, 6) is -1.96. The van der Waals surface area contributed by atoms with Crippen molar-refractivity contribution in [2.75, 3.05) is 31.2 Å². The lowest BCUT2D eigenvalue weighted by Crippen LogP contribution is -2.36. The molecule has 5 rings (SSSR count). The van der Waals surface area contributed by atoms with Gasteiger partial charge in [-0.3, -0.25) is 0 Å². The number of nitrogens with zero attached hydrogens (tertiary/aromatic N) is 4. The lowest BCUT2D eigenvalue weighted by molar-refractivity contribution is 0.122. The lowest BCUT2D eigenvalue weighted by Gasteiger charge is -2.29. The lowest BCUT2D eigenvalue weighted by atomic mass is 10.0. The molecule has 158 valence electrons. The highest BCUT2D eigenvalue weighted by Gasteiger charge is 2.19. The first-order valence-corrected chi connectivity index (χ1v) is 10.6. The van der Waals surface area contributed by atoms with Gasteiger partial charge >= 0.3 is 0 Å². The molecule has 3 heterocycles. The molecule has 1 aliphatic rings. The van der Waals surface area contributed by atoms with Crippen molar-refractivity contribution in [2.24, 2.45) is 0 Å². The van der Waals surface area contributed by atoms with Crippen LogP contribution in [0.15, 0.2) is 42.0 Å². The summed E-state index contributed by atoms with van der Waals surface area (Å²) in [6.07, 6.45) is 1.36. The van der Waals surface area contributed by atoms with Crippen molar-refractivity contribution < 1.29 is 18.6 Å². The van der Waals surface area contributed by atoms with E-state index in [-0.39, 0.29) is 12.2 Å². The van der Waals surface area contributed by atoms with E-state index in [1.165, 1.54) is 23.7 Å². The molecule has 0 bridgehead atoms. The molecule has 1 saturated heterocycles. The molecule has 0 atom stereocenters. The van der Waals surface area contributed by atoms with Crippen LogP contribution in [0.25, 0.3) is 33.4 Å². The van der Waals surface area contributed by atoms with Crippen LogP contribution in [0.1, 0.15) is 5.01 Å². The van der Waals surface area contributed by atoms with Crippen LogP contribution < -0.4 is 4.90 Å². The number of ether oxygens (including phenoxy) is 1. The number of fused-ring (bicyclic) bond motifs is 1. The number of aliphatic hydroxyl groups is 1. The van der Waals surface area contributed by atoms with Crippen molar-refractivity contribution in [1.29, 1.82) is 0 Å². The second-order valence-electron chi connectivity index (χ2n) is 7.13. The standard InChI is InChI=1S/C22H18F2N4O2S/c23-17-8-13(19-11-31-20(10-29)27-19)7-16(21(17)24)22-15-2-1-14(9-18(15)25-12-26-22)28-3-5-30-6-4-28/h1-2,7-9,11-12,29H,3-6,10H2. The van der Waals surface area contributed by atoms with E-state index < -0.39 is 11.6 Å². The normalized spacial score (nSPS) is 14.4. The Morgan fingerprint density at radius 3 is 2.71 bits per heavy atom. The highest BCUT2D eigenvalue weighted by Crippen LogP contribution is 2.34. The predicted molar refractivity (Wildman–Crippen MR) is 115 cm³/mol. The van der Waals surface area contributed by atoms with Gasteiger partial charge in [0.05, 0.1) is 36.7 Å². The molecule has 2 aromatic carbocycles. The number of hydrogen-bond acceptors (Lipinski definition) is 7. The van der Waals surface area contributed by atoms with Gasteiger partial charge in [-0.1, -0.05) is 0 Å². The minimum Gasteiger partial charge on any atom is -0.389 e. The van der Waals surface area contributed by atoms with Crippen molar-refractivity contribution in [2.45, 2.75) is 6.61 Å². The van der Waals surface area contributed by atoms with Crippen molar-refractivity contribution in [3.63, 3.8) is 0 Å². The van der Waals surface area contributed by atoms with E-state index in [9.17, 15) is 13.9 Å². The van der Waals surface area contributed by atoms with E-state index >= 15 is 0 Å². The van der Waals surface area contributed by atoms with E-state index in [0.29, 0.717) is 46.1 Å². The van der Waals surface area contributed by atoms with Crippen LogP contribution in [0.4, 0.5) is 14.5 Å². The SMILES string of the molecule is OCc1nc(-c2cc(F)c(F)c(-c3ncnc4cc(N5CCOCC5)ccc34)c2)cs1. The number of benzene rings is 2. The maximum absolute atomic E-state index is 14.8. The molecule has 2 aromatic heterocycles. The molecule has 0 spiro atoms. The van der Waals surface area contributed by atoms with E-state index in [1.807, 2.05) is 18.2 Å². The van der Waals surface area contributed by atoms with Gasteiger partial charge in [0.25, 0.3) is 0 Å². The van der Waals surface area contributed by atoms with Gasteiger partial charge in [0.15, 0.2) is 11.6 Å². The van der Waals surface area contributed by atoms with E-state index in [4.69, 9.17) is 4.74 Å². The maximum Gasteiger partial charge on any atom is 0.168 e. The van der Waals surface area contributed by atoms with Gasteiger partial charge < -0.3 is 14.7 Å². The molecule has 0 unspecified atom stereocenters. The summed E-state index contributed by atoms with van der Waals surface area (Å²) in [5, 5.41) is 12.1. The zero-order valence-electron chi connectivity index (χ0n) is 16.4. The Morgan fingerprint density at radius 1 is 1.10 bits per heavy atom. The summed E-state index contributed by atoms with van der Waals surface area (Å²) in [6, 6.07) is 8.35. The molecule has 4 aromatic rings. The summed E-state index contributed by atoms with van der Waals surface area (Å²) >= 11 is 1.26. The Labute approximate surface area is 180 Å². The van der Waals surface area contributed by atoms with Gasteiger partial charge in [0.1, 0.15) is 11.3 Å². The molecule has 1 fully saturated rings. The van der Waals surface area contributed by atoms with Gasteiger partial charge in [-0.05, 0) is 30.3 Å². The third kappa shape index (κ3) is 3.76. The van der Waals surface area contributed by atoms with Crippen molar-refractivity contribution in [3.8, 4) is 22.5 Å². The molecular formula is C22H18F2N4O2S. The Balaban J connectivity index is 1.61. The summed E-state index contributed by atoms with van der Waals surface area (Å²) in [4.78, 5) is 15.1. The van der Waals surface area contributed by atoms with Crippen molar-refractivity contribution in [3.05, 3.63) is 58.7 Å². The number of hydrogen-bond donors (Lipinski definition) is 1. The molecule has 0 amide bonds. The summed E-state index contributed by atoms with van der Waals surface area (Å²) in [7, 11) is 0. The number of aromatic nitrogens is 3. The molecule has 9 heteroatoms. The second kappa shape index (κ2) is 8.26. The first kappa shape index (κ1) is 19.9. The molecule has 1 aliphatic heterocycles. The third-order valence-electron chi connectivity index (χ3n) is 5.26.